The van der Waals surface area contributed by atoms with Crippen molar-refractivity contribution in [2.24, 2.45) is 11.8 Å². The molecule has 1 fully saturated rings. The molecule has 3 N–H and O–H groups in total. The van der Waals surface area contributed by atoms with Crippen molar-refractivity contribution in [3.05, 3.63) is 0 Å². The van der Waals surface area contributed by atoms with Crippen LogP contribution in [0.15, 0.2) is 0 Å². The van der Waals surface area contributed by atoms with Crippen LogP contribution in [-0.2, 0) is 9.59 Å². The molecule has 3 unspecified atom stereocenters. The van der Waals surface area contributed by atoms with Crippen molar-refractivity contribution in [2.75, 3.05) is 13.1 Å². The Morgan fingerprint density at radius 1 is 1.50 bits per heavy atom. The van der Waals surface area contributed by atoms with E-state index in [0.29, 0.717) is 19.0 Å². The predicted octanol–water partition coefficient (Wildman–Crippen LogP) is 0.992. The van der Waals surface area contributed by atoms with Crippen LogP contribution in [0.2, 0.25) is 0 Å². The topological polar surface area (TPSA) is 78.4 Å². The van der Waals surface area contributed by atoms with E-state index in [9.17, 15) is 9.59 Å². The molecule has 1 rings (SSSR count). The number of nitrogens with one attached hydrogen (secondary N) is 2. The summed E-state index contributed by atoms with van der Waals surface area (Å²) in [4.78, 5) is 22.5. The normalized spacial score (nSPS) is 25.4. The summed E-state index contributed by atoms with van der Waals surface area (Å²) in [7, 11) is 0. The first kappa shape index (κ1) is 15.0. The summed E-state index contributed by atoms with van der Waals surface area (Å²) in [6, 6.07) is 0.404. The molecule has 1 aliphatic rings. The number of rotatable bonds is 6. The highest BCUT2D eigenvalue weighted by Gasteiger charge is 2.24. The van der Waals surface area contributed by atoms with Gasteiger partial charge in [-0.2, -0.15) is 0 Å². The minimum atomic E-state index is -0.770. The van der Waals surface area contributed by atoms with Gasteiger partial charge in [-0.1, -0.05) is 6.92 Å². The molecule has 1 saturated heterocycles. The SMILES string of the molecule is CC1CC(C(=O)NCCCC(C)C(=O)O)CCN1. The fourth-order valence-corrected chi connectivity index (χ4v) is 2.26. The molecule has 1 amide bonds. The number of hydrogen-bond donors (Lipinski definition) is 3. The quantitative estimate of drug-likeness (QED) is 0.619. The molecule has 0 saturated carbocycles. The molecule has 5 heteroatoms. The molecule has 5 nitrogen and oxygen atoms in total. The van der Waals surface area contributed by atoms with Crippen LogP contribution in [0, 0.1) is 11.8 Å². The average molecular weight is 256 g/mol. The van der Waals surface area contributed by atoms with Crippen molar-refractivity contribution in [3.8, 4) is 0 Å². The molecule has 18 heavy (non-hydrogen) atoms. The van der Waals surface area contributed by atoms with Crippen LogP contribution >= 0.6 is 0 Å². The van der Waals surface area contributed by atoms with Gasteiger partial charge in [0.15, 0.2) is 0 Å². The van der Waals surface area contributed by atoms with E-state index in [0.717, 1.165) is 25.8 Å². The lowest BCUT2D eigenvalue weighted by molar-refractivity contribution is -0.141. The number of carbonyl (C=O) groups excluding carboxylic acids is 1. The van der Waals surface area contributed by atoms with Gasteiger partial charge in [-0.15, -0.1) is 0 Å². The highest BCUT2D eigenvalue weighted by molar-refractivity contribution is 5.78. The van der Waals surface area contributed by atoms with E-state index in [1.54, 1.807) is 6.92 Å². The Hall–Kier alpha value is -1.10. The van der Waals surface area contributed by atoms with Crippen molar-refractivity contribution in [1.82, 2.24) is 10.6 Å². The van der Waals surface area contributed by atoms with E-state index in [1.807, 2.05) is 0 Å². The first-order valence-electron chi connectivity index (χ1n) is 6.74. The largest absolute Gasteiger partial charge is 0.481 e. The van der Waals surface area contributed by atoms with Gasteiger partial charge in [-0.3, -0.25) is 9.59 Å². The van der Waals surface area contributed by atoms with Crippen molar-refractivity contribution < 1.29 is 14.7 Å². The van der Waals surface area contributed by atoms with Gasteiger partial charge in [0, 0.05) is 18.5 Å². The van der Waals surface area contributed by atoms with Crippen LogP contribution in [0.3, 0.4) is 0 Å². The molecule has 0 spiro atoms. The molecule has 0 bridgehead atoms. The van der Waals surface area contributed by atoms with E-state index in [-0.39, 0.29) is 17.7 Å². The van der Waals surface area contributed by atoms with Gasteiger partial charge in [-0.25, -0.2) is 0 Å². The summed E-state index contributed by atoms with van der Waals surface area (Å²) in [5.74, 6) is -0.876. The summed E-state index contributed by atoms with van der Waals surface area (Å²) in [6.07, 6.45) is 3.11. The Bertz CT molecular complexity index is 294. The van der Waals surface area contributed by atoms with E-state index in [1.165, 1.54) is 0 Å². The summed E-state index contributed by atoms with van der Waals surface area (Å²) in [5.41, 5.74) is 0. The molecule has 104 valence electrons. The Balaban J connectivity index is 2.15. The Kier molecular flexibility index (Phi) is 6.12. The molecular weight excluding hydrogens is 232 g/mol. The third kappa shape index (κ3) is 5.04. The number of hydrogen-bond acceptors (Lipinski definition) is 3. The molecule has 3 atom stereocenters. The fraction of sp³-hybridized carbons (Fsp3) is 0.846. The summed E-state index contributed by atoms with van der Waals surface area (Å²) >= 11 is 0. The first-order chi connectivity index (χ1) is 8.50. The standard InChI is InChI=1S/C13H24N2O3/c1-9(13(17)18)4-3-6-15-12(16)11-5-7-14-10(2)8-11/h9-11,14H,3-8H2,1-2H3,(H,15,16)(H,17,18). The molecule has 0 aromatic heterocycles. The highest BCUT2D eigenvalue weighted by Crippen LogP contribution is 2.16. The predicted molar refractivity (Wildman–Crippen MR) is 69.2 cm³/mol. The summed E-state index contributed by atoms with van der Waals surface area (Å²) in [6.45, 7) is 5.26. The second kappa shape index (κ2) is 7.36. The molecule has 0 aromatic rings. The van der Waals surface area contributed by atoms with Crippen molar-refractivity contribution >= 4 is 11.9 Å². The zero-order valence-corrected chi connectivity index (χ0v) is 11.2. The molecule has 1 heterocycles. The van der Waals surface area contributed by atoms with E-state index >= 15 is 0 Å². The van der Waals surface area contributed by atoms with Crippen molar-refractivity contribution in [3.63, 3.8) is 0 Å². The van der Waals surface area contributed by atoms with Gasteiger partial charge in [0.2, 0.25) is 5.91 Å². The second-order valence-electron chi connectivity index (χ2n) is 5.25. The smallest absolute Gasteiger partial charge is 0.306 e. The zero-order chi connectivity index (χ0) is 13.5. The van der Waals surface area contributed by atoms with Crippen LogP contribution in [0.1, 0.15) is 39.5 Å². The van der Waals surface area contributed by atoms with Gasteiger partial charge >= 0.3 is 5.97 Å². The second-order valence-corrected chi connectivity index (χ2v) is 5.25. The van der Waals surface area contributed by atoms with E-state index in [4.69, 9.17) is 5.11 Å². The number of carbonyl (C=O) groups is 2. The van der Waals surface area contributed by atoms with Crippen LogP contribution in [0.4, 0.5) is 0 Å². The Morgan fingerprint density at radius 2 is 2.22 bits per heavy atom. The lowest BCUT2D eigenvalue weighted by atomic mass is 9.92. The maximum absolute atomic E-state index is 11.9. The van der Waals surface area contributed by atoms with Crippen molar-refractivity contribution in [2.45, 2.75) is 45.6 Å². The van der Waals surface area contributed by atoms with Crippen LogP contribution in [0.25, 0.3) is 0 Å². The maximum Gasteiger partial charge on any atom is 0.306 e. The summed E-state index contributed by atoms with van der Waals surface area (Å²) in [5, 5.41) is 15.0. The zero-order valence-electron chi connectivity index (χ0n) is 11.2. The van der Waals surface area contributed by atoms with Gasteiger partial charge in [0.25, 0.3) is 0 Å². The van der Waals surface area contributed by atoms with Gasteiger partial charge in [0.1, 0.15) is 0 Å². The Labute approximate surface area is 108 Å². The third-order valence-electron chi connectivity index (χ3n) is 3.53. The first-order valence-corrected chi connectivity index (χ1v) is 6.74. The minimum Gasteiger partial charge on any atom is -0.481 e. The van der Waals surface area contributed by atoms with Crippen LogP contribution in [0.5, 0.6) is 0 Å². The number of piperidine rings is 1. The van der Waals surface area contributed by atoms with Crippen LogP contribution in [-0.4, -0.2) is 36.1 Å². The monoisotopic (exact) mass is 256 g/mol. The molecule has 0 aromatic carbocycles. The number of aliphatic carboxylic acids is 1. The van der Waals surface area contributed by atoms with E-state index in [2.05, 4.69) is 17.6 Å². The minimum absolute atomic E-state index is 0.109. The lowest BCUT2D eigenvalue weighted by Crippen LogP contribution is -2.42. The highest BCUT2D eigenvalue weighted by atomic mass is 16.4. The summed E-state index contributed by atoms with van der Waals surface area (Å²) < 4.78 is 0. The lowest BCUT2D eigenvalue weighted by Gasteiger charge is -2.27. The Morgan fingerprint density at radius 3 is 2.83 bits per heavy atom. The van der Waals surface area contributed by atoms with Crippen LogP contribution < -0.4 is 10.6 Å². The molecule has 0 aliphatic carbocycles. The van der Waals surface area contributed by atoms with Gasteiger partial charge < -0.3 is 15.7 Å². The maximum atomic E-state index is 11.9. The van der Waals surface area contributed by atoms with E-state index < -0.39 is 5.97 Å². The number of amides is 1. The molecule has 1 aliphatic heterocycles. The molecule has 0 radical (unpaired) electrons. The van der Waals surface area contributed by atoms with Crippen molar-refractivity contribution in [1.29, 1.82) is 0 Å². The average Bonchev–Trinajstić information content (AvgIpc) is 2.33. The van der Waals surface area contributed by atoms with Gasteiger partial charge in [0.05, 0.1) is 5.92 Å². The third-order valence-corrected chi connectivity index (χ3v) is 3.53. The number of carboxylic acids is 1. The molecular formula is C13H24N2O3. The van der Waals surface area contributed by atoms with Gasteiger partial charge in [-0.05, 0) is 39.2 Å². The number of carboxylic acid groups (broad SMARTS) is 1. The fourth-order valence-electron chi connectivity index (χ4n) is 2.26.